The quantitative estimate of drug-likeness (QED) is 0.898. The molecule has 1 aliphatic heterocycles. The number of hydrogen-bond donors (Lipinski definition) is 2. The van der Waals surface area contributed by atoms with Gasteiger partial charge in [0.15, 0.2) is 0 Å². The fraction of sp³-hybridized carbons (Fsp3) is 0.412. The van der Waals surface area contributed by atoms with E-state index in [1.54, 1.807) is 12.4 Å². The van der Waals surface area contributed by atoms with Crippen molar-refractivity contribution in [2.75, 3.05) is 18.5 Å². The first kappa shape index (κ1) is 16.3. The first-order valence-corrected chi connectivity index (χ1v) is 7.93. The highest BCUT2D eigenvalue weighted by molar-refractivity contribution is 5.84. The van der Waals surface area contributed by atoms with Crippen molar-refractivity contribution in [2.24, 2.45) is 0 Å². The first-order valence-electron chi connectivity index (χ1n) is 7.93. The summed E-state index contributed by atoms with van der Waals surface area (Å²) >= 11 is 0. The van der Waals surface area contributed by atoms with Crippen LogP contribution in [0.1, 0.15) is 35.8 Å². The van der Waals surface area contributed by atoms with Crippen molar-refractivity contribution in [1.82, 2.24) is 15.0 Å². The fourth-order valence-corrected chi connectivity index (χ4v) is 2.93. The molecule has 0 spiro atoms. The Labute approximate surface area is 140 Å². The number of pyridine rings is 1. The molecular formula is C17H20N4O3. The predicted molar refractivity (Wildman–Crippen MR) is 89.2 cm³/mol. The molecule has 3 heterocycles. The first-order chi connectivity index (χ1) is 11.5. The molecule has 2 aromatic rings. The summed E-state index contributed by atoms with van der Waals surface area (Å²) in [5.74, 6) is 0.872. The lowest BCUT2D eigenvalue weighted by atomic mass is 9.93. The predicted octanol–water partition coefficient (Wildman–Crippen LogP) is 3.14. The SMILES string of the molecule is Cc1ncc(-c2nc(C3CCOCC3)c(NC(=O)O)cc2C)cn1. The zero-order valence-electron chi connectivity index (χ0n) is 13.7. The summed E-state index contributed by atoms with van der Waals surface area (Å²) in [5, 5.41) is 11.6. The summed E-state index contributed by atoms with van der Waals surface area (Å²) in [4.78, 5) is 24.4. The van der Waals surface area contributed by atoms with Crippen molar-refractivity contribution < 1.29 is 14.6 Å². The second-order valence-corrected chi connectivity index (χ2v) is 5.92. The number of carboxylic acid groups (broad SMARTS) is 1. The maximum absolute atomic E-state index is 11.1. The van der Waals surface area contributed by atoms with E-state index in [1.807, 2.05) is 19.9 Å². The number of aryl methyl sites for hydroxylation is 2. The van der Waals surface area contributed by atoms with Gasteiger partial charge in [-0.05, 0) is 38.3 Å². The lowest BCUT2D eigenvalue weighted by Gasteiger charge is -2.24. The highest BCUT2D eigenvalue weighted by Crippen LogP contribution is 2.34. The molecular weight excluding hydrogens is 308 g/mol. The van der Waals surface area contributed by atoms with E-state index in [-0.39, 0.29) is 5.92 Å². The van der Waals surface area contributed by atoms with E-state index in [2.05, 4.69) is 15.3 Å². The third-order valence-corrected chi connectivity index (χ3v) is 4.15. The van der Waals surface area contributed by atoms with E-state index in [9.17, 15) is 4.79 Å². The molecule has 0 unspecified atom stereocenters. The van der Waals surface area contributed by atoms with Gasteiger partial charge in [0.05, 0.1) is 17.1 Å². The van der Waals surface area contributed by atoms with E-state index < -0.39 is 6.09 Å². The van der Waals surface area contributed by atoms with Gasteiger partial charge in [0, 0.05) is 37.1 Å². The molecule has 0 radical (unpaired) electrons. The molecule has 2 N–H and O–H groups in total. The number of amides is 1. The van der Waals surface area contributed by atoms with Gasteiger partial charge in [0.2, 0.25) is 0 Å². The average Bonchev–Trinajstić information content (AvgIpc) is 2.56. The van der Waals surface area contributed by atoms with E-state index in [0.717, 1.165) is 35.4 Å². The van der Waals surface area contributed by atoms with Crippen molar-refractivity contribution in [2.45, 2.75) is 32.6 Å². The number of hydrogen-bond acceptors (Lipinski definition) is 5. The van der Waals surface area contributed by atoms with Crippen LogP contribution >= 0.6 is 0 Å². The highest BCUT2D eigenvalue weighted by Gasteiger charge is 2.23. The Hall–Kier alpha value is -2.54. The van der Waals surface area contributed by atoms with Gasteiger partial charge in [-0.15, -0.1) is 0 Å². The zero-order chi connectivity index (χ0) is 17.1. The van der Waals surface area contributed by atoms with Crippen molar-refractivity contribution >= 4 is 11.8 Å². The normalized spacial score (nSPS) is 15.2. The molecule has 0 saturated carbocycles. The van der Waals surface area contributed by atoms with Gasteiger partial charge < -0.3 is 9.84 Å². The Balaban J connectivity index is 2.06. The monoisotopic (exact) mass is 328 g/mol. The number of nitrogens with zero attached hydrogens (tertiary/aromatic N) is 3. The van der Waals surface area contributed by atoms with Crippen LogP contribution in [0.3, 0.4) is 0 Å². The van der Waals surface area contributed by atoms with Crippen LogP contribution in [0.15, 0.2) is 18.5 Å². The molecule has 7 heteroatoms. The van der Waals surface area contributed by atoms with Crippen LogP contribution in [0, 0.1) is 13.8 Å². The van der Waals surface area contributed by atoms with E-state index in [1.165, 1.54) is 0 Å². The number of anilines is 1. The molecule has 24 heavy (non-hydrogen) atoms. The van der Waals surface area contributed by atoms with Gasteiger partial charge in [0.1, 0.15) is 5.82 Å². The largest absolute Gasteiger partial charge is 0.465 e. The Morgan fingerprint density at radius 2 is 1.92 bits per heavy atom. The smallest absolute Gasteiger partial charge is 0.409 e. The molecule has 1 fully saturated rings. The molecule has 3 rings (SSSR count). The van der Waals surface area contributed by atoms with Gasteiger partial charge >= 0.3 is 6.09 Å². The Bertz CT molecular complexity index is 740. The van der Waals surface area contributed by atoms with Crippen LogP contribution in [0.2, 0.25) is 0 Å². The molecule has 0 aromatic carbocycles. The third kappa shape index (κ3) is 3.51. The van der Waals surface area contributed by atoms with Crippen LogP contribution in [0.4, 0.5) is 10.5 Å². The van der Waals surface area contributed by atoms with E-state index in [0.29, 0.717) is 24.7 Å². The lowest BCUT2D eigenvalue weighted by molar-refractivity contribution is 0.0846. The van der Waals surface area contributed by atoms with Gasteiger partial charge in [-0.3, -0.25) is 5.32 Å². The second-order valence-electron chi connectivity index (χ2n) is 5.92. The summed E-state index contributed by atoms with van der Waals surface area (Å²) < 4.78 is 5.41. The van der Waals surface area contributed by atoms with Crippen LogP contribution in [-0.2, 0) is 4.74 Å². The topological polar surface area (TPSA) is 97.2 Å². The minimum atomic E-state index is -1.09. The van der Waals surface area contributed by atoms with Crippen LogP contribution < -0.4 is 5.32 Å². The summed E-state index contributed by atoms with van der Waals surface area (Å²) in [6.07, 6.45) is 4.06. The maximum atomic E-state index is 11.1. The Morgan fingerprint density at radius 1 is 1.25 bits per heavy atom. The number of nitrogens with one attached hydrogen (secondary N) is 1. The Morgan fingerprint density at radius 3 is 2.54 bits per heavy atom. The molecule has 126 valence electrons. The van der Waals surface area contributed by atoms with Crippen molar-refractivity contribution in [3.8, 4) is 11.3 Å². The number of carbonyl (C=O) groups is 1. The maximum Gasteiger partial charge on any atom is 0.409 e. The minimum Gasteiger partial charge on any atom is -0.465 e. The van der Waals surface area contributed by atoms with Crippen LogP contribution in [0.25, 0.3) is 11.3 Å². The number of aromatic nitrogens is 3. The van der Waals surface area contributed by atoms with Gasteiger partial charge in [0.25, 0.3) is 0 Å². The molecule has 2 aromatic heterocycles. The molecule has 1 saturated heterocycles. The second kappa shape index (κ2) is 6.92. The summed E-state index contributed by atoms with van der Waals surface area (Å²) in [5.41, 5.74) is 3.80. The van der Waals surface area contributed by atoms with Gasteiger partial charge in [-0.1, -0.05) is 0 Å². The third-order valence-electron chi connectivity index (χ3n) is 4.15. The van der Waals surface area contributed by atoms with E-state index >= 15 is 0 Å². The van der Waals surface area contributed by atoms with Crippen LogP contribution in [-0.4, -0.2) is 39.4 Å². The van der Waals surface area contributed by atoms with Crippen molar-refractivity contribution in [3.05, 3.63) is 35.5 Å². The van der Waals surface area contributed by atoms with Crippen molar-refractivity contribution in [1.29, 1.82) is 0 Å². The van der Waals surface area contributed by atoms with Gasteiger partial charge in [-0.2, -0.15) is 0 Å². The van der Waals surface area contributed by atoms with Crippen LogP contribution in [0.5, 0.6) is 0 Å². The van der Waals surface area contributed by atoms with Crippen molar-refractivity contribution in [3.63, 3.8) is 0 Å². The van der Waals surface area contributed by atoms with Gasteiger partial charge in [-0.25, -0.2) is 19.7 Å². The average molecular weight is 328 g/mol. The zero-order valence-corrected chi connectivity index (χ0v) is 13.7. The lowest BCUT2D eigenvalue weighted by Crippen LogP contribution is -2.19. The molecule has 0 aliphatic carbocycles. The summed E-state index contributed by atoms with van der Waals surface area (Å²) in [7, 11) is 0. The number of ether oxygens (including phenoxy) is 1. The molecule has 0 bridgehead atoms. The number of rotatable bonds is 3. The molecule has 1 amide bonds. The summed E-state index contributed by atoms with van der Waals surface area (Å²) in [6.45, 7) is 5.06. The summed E-state index contributed by atoms with van der Waals surface area (Å²) in [6, 6.07) is 1.83. The van der Waals surface area contributed by atoms with E-state index in [4.69, 9.17) is 14.8 Å². The Kier molecular flexibility index (Phi) is 4.71. The fourth-order valence-electron chi connectivity index (χ4n) is 2.93. The minimum absolute atomic E-state index is 0.173. The standard InChI is InChI=1S/C17H20N4O3/c1-10-7-14(20-17(22)23)16(12-3-5-24-6-4-12)21-15(10)13-8-18-11(2)19-9-13/h7-9,12,20H,3-6H2,1-2H3,(H,22,23). The molecule has 1 aliphatic rings. The highest BCUT2D eigenvalue weighted by atomic mass is 16.5. The molecule has 0 atom stereocenters. The molecule has 7 nitrogen and oxygen atoms in total.